The molecule has 0 aliphatic carbocycles. The van der Waals surface area contributed by atoms with Crippen LogP contribution in [0.25, 0.3) is 0 Å². The summed E-state index contributed by atoms with van der Waals surface area (Å²) in [7, 11) is 0. The highest BCUT2D eigenvalue weighted by atomic mass is 35.5. The van der Waals surface area contributed by atoms with Gasteiger partial charge < -0.3 is 5.73 Å². The first-order valence-electron chi connectivity index (χ1n) is 4.34. The van der Waals surface area contributed by atoms with E-state index in [-0.39, 0.29) is 0 Å². The maximum atomic E-state index is 6.03. The molecule has 0 aliphatic heterocycles. The molecule has 0 bridgehead atoms. The summed E-state index contributed by atoms with van der Waals surface area (Å²) < 4.78 is 0. The first-order chi connectivity index (χ1) is 6.19. The maximum Gasteiger partial charge on any atom is 0.0442 e. The molecule has 0 heterocycles. The monoisotopic (exact) mass is 217 g/mol. The number of nitrogens with two attached hydrogens (primary N) is 1. The molecule has 1 unspecified atom stereocenters. The van der Waals surface area contributed by atoms with Crippen LogP contribution < -0.4 is 5.73 Å². The Balaban J connectivity index is 3.03. The lowest BCUT2D eigenvalue weighted by molar-refractivity contribution is 0.674. The molecule has 0 fully saturated rings. The van der Waals surface area contributed by atoms with E-state index in [1.54, 1.807) is 6.07 Å². The minimum Gasteiger partial charge on any atom is -0.330 e. The first-order valence-corrected chi connectivity index (χ1v) is 5.09. The van der Waals surface area contributed by atoms with Crippen molar-refractivity contribution in [1.82, 2.24) is 0 Å². The van der Waals surface area contributed by atoms with E-state index in [1.165, 1.54) is 0 Å². The fourth-order valence-electron chi connectivity index (χ4n) is 1.34. The largest absolute Gasteiger partial charge is 0.330 e. The third kappa shape index (κ3) is 2.60. The van der Waals surface area contributed by atoms with E-state index in [0.29, 0.717) is 17.5 Å². The van der Waals surface area contributed by atoms with E-state index >= 15 is 0 Å². The number of hydrogen-bond acceptors (Lipinski definition) is 1. The van der Waals surface area contributed by atoms with Crippen LogP contribution >= 0.6 is 23.2 Å². The van der Waals surface area contributed by atoms with E-state index < -0.39 is 0 Å². The summed E-state index contributed by atoms with van der Waals surface area (Å²) in [6.07, 6.45) is 0.983. The Hall–Kier alpha value is -0.240. The van der Waals surface area contributed by atoms with Gasteiger partial charge in [-0.05, 0) is 42.6 Å². The minimum absolute atomic E-state index is 0.311. The zero-order chi connectivity index (χ0) is 9.84. The van der Waals surface area contributed by atoms with Crippen molar-refractivity contribution in [2.24, 2.45) is 5.73 Å². The van der Waals surface area contributed by atoms with Crippen LogP contribution in [0.3, 0.4) is 0 Å². The van der Waals surface area contributed by atoms with Crippen molar-refractivity contribution in [3.8, 4) is 0 Å². The molecule has 1 nitrogen and oxygen atoms in total. The highest BCUT2D eigenvalue weighted by Crippen LogP contribution is 2.28. The molecule has 0 aromatic heterocycles. The van der Waals surface area contributed by atoms with E-state index in [0.717, 1.165) is 17.0 Å². The molecule has 0 aliphatic rings. The molecule has 0 saturated heterocycles. The van der Waals surface area contributed by atoms with Gasteiger partial charge in [0.2, 0.25) is 0 Å². The smallest absolute Gasteiger partial charge is 0.0442 e. The van der Waals surface area contributed by atoms with E-state index in [4.69, 9.17) is 28.9 Å². The topological polar surface area (TPSA) is 26.0 Å². The summed E-state index contributed by atoms with van der Waals surface area (Å²) in [4.78, 5) is 0. The van der Waals surface area contributed by atoms with Crippen molar-refractivity contribution < 1.29 is 0 Å². The second kappa shape index (κ2) is 4.85. The Kier molecular flexibility index (Phi) is 4.04. The molecule has 1 rings (SSSR count). The van der Waals surface area contributed by atoms with Gasteiger partial charge in [0.15, 0.2) is 0 Å². The Morgan fingerprint density at radius 1 is 1.38 bits per heavy atom. The van der Waals surface area contributed by atoms with Gasteiger partial charge >= 0.3 is 0 Å². The van der Waals surface area contributed by atoms with E-state index in [9.17, 15) is 0 Å². The molecule has 13 heavy (non-hydrogen) atoms. The molecule has 1 aromatic rings. The maximum absolute atomic E-state index is 6.03. The van der Waals surface area contributed by atoms with Gasteiger partial charge in [-0.3, -0.25) is 0 Å². The molecular weight excluding hydrogens is 205 g/mol. The number of halogens is 2. The number of hydrogen-bond donors (Lipinski definition) is 1. The summed E-state index contributed by atoms with van der Waals surface area (Å²) >= 11 is 11.9. The highest BCUT2D eigenvalue weighted by Gasteiger charge is 2.11. The average molecular weight is 218 g/mol. The lowest BCUT2D eigenvalue weighted by atomic mass is 9.97. The first kappa shape index (κ1) is 10.8. The van der Waals surface area contributed by atoms with Gasteiger partial charge in [-0.2, -0.15) is 0 Å². The van der Waals surface area contributed by atoms with Gasteiger partial charge in [-0.15, -0.1) is 0 Å². The van der Waals surface area contributed by atoms with Crippen LogP contribution in [0, 0.1) is 0 Å². The summed E-state index contributed by atoms with van der Waals surface area (Å²) in [5, 5.41) is 1.47. The molecule has 3 heteroatoms. The standard InChI is InChI=1S/C10H13Cl2N/c1-2-7(6-13)9-5-8(11)3-4-10(9)12/h3-5,7H,2,6,13H2,1H3. The molecule has 2 N–H and O–H groups in total. The summed E-state index contributed by atoms with van der Waals surface area (Å²) in [6.45, 7) is 2.70. The summed E-state index contributed by atoms with van der Waals surface area (Å²) in [6, 6.07) is 5.50. The second-order valence-corrected chi connectivity index (χ2v) is 3.85. The number of rotatable bonds is 3. The fourth-order valence-corrected chi connectivity index (χ4v) is 1.79. The van der Waals surface area contributed by atoms with Crippen molar-refractivity contribution in [3.63, 3.8) is 0 Å². The molecule has 72 valence electrons. The highest BCUT2D eigenvalue weighted by molar-refractivity contribution is 6.33. The zero-order valence-electron chi connectivity index (χ0n) is 7.56. The predicted molar refractivity (Wildman–Crippen MR) is 58.5 cm³/mol. The van der Waals surface area contributed by atoms with Crippen LogP contribution in [0.15, 0.2) is 18.2 Å². The van der Waals surface area contributed by atoms with Crippen LogP contribution in [0.1, 0.15) is 24.8 Å². The van der Waals surface area contributed by atoms with Crippen molar-refractivity contribution in [2.75, 3.05) is 6.54 Å². The van der Waals surface area contributed by atoms with Gasteiger partial charge in [-0.1, -0.05) is 30.1 Å². The van der Waals surface area contributed by atoms with Crippen LogP contribution in [-0.4, -0.2) is 6.54 Å². The van der Waals surface area contributed by atoms with Crippen molar-refractivity contribution in [2.45, 2.75) is 19.3 Å². The van der Waals surface area contributed by atoms with Gasteiger partial charge in [0.25, 0.3) is 0 Å². The van der Waals surface area contributed by atoms with Gasteiger partial charge in [0.1, 0.15) is 0 Å². The Morgan fingerprint density at radius 2 is 2.08 bits per heavy atom. The lowest BCUT2D eigenvalue weighted by Crippen LogP contribution is -2.11. The molecule has 0 saturated carbocycles. The molecule has 0 spiro atoms. The van der Waals surface area contributed by atoms with Crippen LogP contribution in [0.5, 0.6) is 0 Å². The van der Waals surface area contributed by atoms with Crippen LogP contribution in [0.2, 0.25) is 10.0 Å². The number of benzene rings is 1. The van der Waals surface area contributed by atoms with Gasteiger partial charge in [0.05, 0.1) is 0 Å². The molecule has 1 atom stereocenters. The predicted octanol–water partition coefficient (Wildman–Crippen LogP) is 3.45. The van der Waals surface area contributed by atoms with Crippen molar-refractivity contribution in [3.05, 3.63) is 33.8 Å². The fraction of sp³-hybridized carbons (Fsp3) is 0.400. The summed E-state index contributed by atoms with van der Waals surface area (Å²) in [5.74, 6) is 0.311. The normalized spacial score (nSPS) is 12.9. The quantitative estimate of drug-likeness (QED) is 0.826. The van der Waals surface area contributed by atoms with Crippen molar-refractivity contribution in [1.29, 1.82) is 0 Å². The second-order valence-electron chi connectivity index (χ2n) is 3.01. The Labute approximate surface area is 88.8 Å². The molecule has 0 radical (unpaired) electrons. The van der Waals surface area contributed by atoms with Gasteiger partial charge in [0, 0.05) is 10.0 Å². The molecule has 1 aromatic carbocycles. The van der Waals surface area contributed by atoms with E-state index in [2.05, 4.69) is 6.92 Å². The zero-order valence-corrected chi connectivity index (χ0v) is 9.07. The van der Waals surface area contributed by atoms with Gasteiger partial charge in [-0.25, -0.2) is 0 Å². The third-order valence-electron chi connectivity index (χ3n) is 2.18. The van der Waals surface area contributed by atoms with Crippen LogP contribution in [0.4, 0.5) is 0 Å². The Bertz CT molecular complexity index is 282. The average Bonchev–Trinajstić information content (AvgIpc) is 2.13. The minimum atomic E-state index is 0.311. The lowest BCUT2D eigenvalue weighted by Gasteiger charge is -2.14. The van der Waals surface area contributed by atoms with Crippen LogP contribution in [-0.2, 0) is 0 Å². The van der Waals surface area contributed by atoms with E-state index in [1.807, 2.05) is 12.1 Å². The third-order valence-corrected chi connectivity index (χ3v) is 2.75. The molecular formula is C10H13Cl2N. The molecule has 0 amide bonds. The van der Waals surface area contributed by atoms with Crippen molar-refractivity contribution >= 4 is 23.2 Å². The Morgan fingerprint density at radius 3 is 2.62 bits per heavy atom. The summed E-state index contributed by atoms with van der Waals surface area (Å²) in [5.41, 5.74) is 6.69. The SMILES string of the molecule is CCC(CN)c1cc(Cl)ccc1Cl.